The van der Waals surface area contributed by atoms with Gasteiger partial charge in [-0.15, -0.1) is 0 Å². The van der Waals surface area contributed by atoms with Crippen molar-refractivity contribution in [3.8, 4) is 0 Å². The van der Waals surface area contributed by atoms with Crippen LogP contribution in [0, 0.1) is 0 Å². The molecule has 0 saturated heterocycles. The molecule has 0 unspecified atom stereocenters. The number of nitrogens with one attached hydrogen (secondary N) is 1. The van der Waals surface area contributed by atoms with E-state index in [1.807, 2.05) is 14.1 Å². The molecule has 0 radical (unpaired) electrons. The summed E-state index contributed by atoms with van der Waals surface area (Å²) >= 11 is 0. The lowest BCUT2D eigenvalue weighted by Crippen LogP contribution is -2.61. The zero-order valence-electron chi connectivity index (χ0n) is 13.9. The summed E-state index contributed by atoms with van der Waals surface area (Å²) in [5, 5.41) is 12.1. The zero-order valence-corrected chi connectivity index (χ0v) is 13.9. The van der Waals surface area contributed by atoms with Crippen LogP contribution in [0.3, 0.4) is 0 Å². The Labute approximate surface area is 127 Å². The van der Waals surface area contributed by atoms with Crippen LogP contribution in [0.15, 0.2) is 0 Å². The molecule has 0 aromatic heterocycles. The van der Waals surface area contributed by atoms with E-state index in [4.69, 9.17) is 0 Å². The average molecular weight is 299 g/mol. The van der Waals surface area contributed by atoms with Gasteiger partial charge in [0.1, 0.15) is 5.54 Å². The predicted octanol–water partition coefficient (Wildman–Crippen LogP) is 1.76. The fourth-order valence-electron chi connectivity index (χ4n) is 2.93. The second-order valence-electron chi connectivity index (χ2n) is 6.35. The number of carbonyl (C=O) groups is 2. The molecule has 0 heterocycles. The molecule has 1 saturated carbocycles. The third-order valence-electron chi connectivity index (χ3n) is 5.07. The van der Waals surface area contributed by atoms with Crippen molar-refractivity contribution in [3.05, 3.63) is 0 Å². The molecular weight excluding hydrogens is 270 g/mol. The number of hydrogen-bond donors (Lipinski definition) is 2. The second-order valence-corrected chi connectivity index (χ2v) is 6.35. The van der Waals surface area contributed by atoms with Gasteiger partial charge in [-0.3, -0.25) is 0 Å². The lowest BCUT2D eigenvalue weighted by Gasteiger charge is -2.49. The molecule has 6 nitrogen and oxygen atoms in total. The zero-order chi connectivity index (χ0) is 16.3. The molecule has 0 bridgehead atoms. The van der Waals surface area contributed by atoms with Gasteiger partial charge in [0, 0.05) is 19.1 Å². The summed E-state index contributed by atoms with van der Waals surface area (Å²) in [7, 11) is 5.80. The smallest absolute Gasteiger partial charge is 0.329 e. The molecule has 2 amide bonds. The molecule has 122 valence electrons. The molecule has 1 aliphatic carbocycles. The first-order valence-corrected chi connectivity index (χ1v) is 7.67. The van der Waals surface area contributed by atoms with E-state index in [1.165, 1.54) is 6.42 Å². The van der Waals surface area contributed by atoms with Gasteiger partial charge < -0.3 is 20.2 Å². The fourth-order valence-corrected chi connectivity index (χ4v) is 2.93. The number of carboxylic acids is 1. The molecule has 6 heteroatoms. The standard InChI is InChI=1S/C15H29N3O3/c1-6-15(7-2,12(19)20)16-13(21)18(5)11-14(17(3)4)9-8-10-14/h6-11H2,1-5H3,(H,16,21)(H,19,20). The number of rotatable bonds is 7. The Hall–Kier alpha value is -1.30. The minimum absolute atomic E-state index is 0.0381. The molecular formula is C15H29N3O3. The van der Waals surface area contributed by atoms with Crippen LogP contribution in [0.1, 0.15) is 46.0 Å². The number of hydrogen-bond acceptors (Lipinski definition) is 3. The van der Waals surface area contributed by atoms with E-state index in [0.29, 0.717) is 19.4 Å². The van der Waals surface area contributed by atoms with Crippen LogP contribution in [-0.4, -0.2) is 65.7 Å². The molecule has 0 atom stereocenters. The van der Waals surface area contributed by atoms with Crippen molar-refractivity contribution in [1.82, 2.24) is 15.1 Å². The Morgan fingerprint density at radius 1 is 1.19 bits per heavy atom. The molecule has 2 N–H and O–H groups in total. The number of carbonyl (C=O) groups excluding carboxylic acids is 1. The van der Waals surface area contributed by atoms with Crippen molar-refractivity contribution < 1.29 is 14.7 Å². The second kappa shape index (κ2) is 6.64. The van der Waals surface area contributed by atoms with Crippen LogP contribution < -0.4 is 5.32 Å². The monoisotopic (exact) mass is 299 g/mol. The van der Waals surface area contributed by atoms with E-state index in [9.17, 15) is 14.7 Å². The van der Waals surface area contributed by atoms with Crippen LogP contribution in [0.25, 0.3) is 0 Å². The van der Waals surface area contributed by atoms with Crippen molar-refractivity contribution in [2.45, 2.75) is 57.0 Å². The van der Waals surface area contributed by atoms with Crippen molar-refractivity contribution in [2.75, 3.05) is 27.7 Å². The topological polar surface area (TPSA) is 72.9 Å². The maximum Gasteiger partial charge on any atom is 0.329 e. The van der Waals surface area contributed by atoms with Crippen molar-refractivity contribution in [1.29, 1.82) is 0 Å². The Morgan fingerprint density at radius 2 is 1.71 bits per heavy atom. The highest BCUT2D eigenvalue weighted by atomic mass is 16.4. The Morgan fingerprint density at radius 3 is 2.00 bits per heavy atom. The molecule has 1 rings (SSSR count). The summed E-state index contributed by atoms with van der Waals surface area (Å²) < 4.78 is 0. The number of likely N-dealkylation sites (N-methyl/N-ethyl adjacent to an activating group) is 2. The third kappa shape index (κ3) is 3.48. The first-order valence-electron chi connectivity index (χ1n) is 7.67. The highest BCUT2D eigenvalue weighted by Crippen LogP contribution is 2.36. The first kappa shape index (κ1) is 17.8. The van der Waals surface area contributed by atoms with E-state index in [1.54, 1.807) is 25.8 Å². The molecule has 0 aromatic carbocycles. The molecule has 21 heavy (non-hydrogen) atoms. The van der Waals surface area contributed by atoms with Crippen LogP contribution in [0.5, 0.6) is 0 Å². The first-order chi connectivity index (χ1) is 9.73. The summed E-state index contributed by atoms with van der Waals surface area (Å²) in [6.45, 7) is 4.19. The lowest BCUT2D eigenvalue weighted by atomic mass is 9.75. The number of aliphatic carboxylic acids is 1. The summed E-state index contributed by atoms with van der Waals surface area (Å²) in [6.07, 6.45) is 4.07. The molecule has 0 spiro atoms. The average Bonchev–Trinajstić information content (AvgIpc) is 2.38. The van der Waals surface area contributed by atoms with Crippen LogP contribution >= 0.6 is 0 Å². The van der Waals surface area contributed by atoms with Crippen LogP contribution in [0.2, 0.25) is 0 Å². The van der Waals surface area contributed by atoms with E-state index in [-0.39, 0.29) is 11.6 Å². The van der Waals surface area contributed by atoms with Crippen LogP contribution in [-0.2, 0) is 4.79 Å². The summed E-state index contributed by atoms with van der Waals surface area (Å²) in [5.41, 5.74) is -1.13. The highest BCUT2D eigenvalue weighted by Gasteiger charge is 2.42. The molecule has 1 aliphatic rings. The maximum atomic E-state index is 12.4. The minimum Gasteiger partial charge on any atom is -0.480 e. The van der Waals surface area contributed by atoms with E-state index >= 15 is 0 Å². The number of urea groups is 1. The Bertz CT molecular complexity index is 388. The van der Waals surface area contributed by atoms with Gasteiger partial charge in [-0.1, -0.05) is 13.8 Å². The quantitative estimate of drug-likeness (QED) is 0.751. The van der Waals surface area contributed by atoms with Gasteiger partial charge in [-0.05, 0) is 46.2 Å². The van der Waals surface area contributed by atoms with Gasteiger partial charge in [0.05, 0.1) is 0 Å². The molecule has 0 aromatic rings. The summed E-state index contributed by atoms with van der Waals surface area (Å²) in [5.74, 6) is -0.972. The number of amides is 2. The molecule has 0 aliphatic heterocycles. The SMILES string of the molecule is CCC(CC)(NC(=O)N(C)CC1(N(C)C)CCC1)C(=O)O. The van der Waals surface area contributed by atoms with Gasteiger partial charge in [0.15, 0.2) is 0 Å². The van der Waals surface area contributed by atoms with Gasteiger partial charge in [0.2, 0.25) is 0 Å². The Balaban J connectivity index is 2.72. The van der Waals surface area contributed by atoms with Gasteiger partial charge in [-0.25, -0.2) is 9.59 Å². The van der Waals surface area contributed by atoms with Gasteiger partial charge in [0.25, 0.3) is 0 Å². The van der Waals surface area contributed by atoms with Gasteiger partial charge in [-0.2, -0.15) is 0 Å². The Kier molecular flexibility index (Phi) is 5.61. The predicted molar refractivity (Wildman–Crippen MR) is 82.4 cm³/mol. The molecule has 1 fully saturated rings. The van der Waals surface area contributed by atoms with Crippen molar-refractivity contribution in [2.24, 2.45) is 0 Å². The normalized spacial score (nSPS) is 17.2. The minimum atomic E-state index is -1.17. The highest BCUT2D eigenvalue weighted by molar-refractivity contribution is 5.86. The third-order valence-corrected chi connectivity index (χ3v) is 5.07. The van der Waals surface area contributed by atoms with Gasteiger partial charge >= 0.3 is 12.0 Å². The van der Waals surface area contributed by atoms with E-state index in [0.717, 1.165) is 12.8 Å². The maximum absolute atomic E-state index is 12.4. The largest absolute Gasteiger partial charge is 0.480 e. The summed E-state index contributed by atoms with van der Waals surface area (Å²) in [6, 6.07) is -0.311. The number of carboxylic acid groups (broad SMARTS) is 1. The lowest BCUT2D eigenvalue weighted by molar-refractivity contribution is -0.144. The number of nitrogens with zero attached hydrogens (tertiary/aromatic N) is 2. The van der Waals surface area contributed by atoms with Crippen LogP contribution in [0.4, 0.5) is 4.79 Å². The van der Waals surface area contributed by atoms with E-state index < -0.39 is 11.5 Å². The summed E-state index contributed by atoms with van der Waals surface area (Å²) in [4.78, 5) is 27.6. The van der Waals surface area contributed by atoms with Crippen molar-refractivity contribution >= 4 is 12.0 Å². The fraction of sp³-hybridized carbons (Fsp3) is 0.867. The van der Waals surface area contributed by atoms with Crippen molar-refractivity contribution in [3.63, 3.8) is 0 Å². The van der Waals surface area contributed by atoms with E-state index in [2.05, 4.69) is 10.2 Å².